The van der Waals surface area contributed by atoms with Gasteiger partial charge in [0.25, 0.3) is 0 Å². The molecule has 80 heavy (non-hydrogen) atoms. The molecule has 0 spiro atoms. The van der Waals surface area contributed by atoms with Crippen LogP contribution >= 0.6 is 0 Å². The van der Waals surface area contributed by atoms with E-state index in [1.165, 1.54) is 5.56 Å². The molecule has 10 aromatic carbocycles. The zero-order chi connectivity index (χ0) is 52.5. The van der Waals surface area contributed by atoms with Gasteiger partial charge in [-0.15, -0.1) is 77.4 Å². The molecule has 14 aromatic rings. The van der Waals surface area contributed by atoms with Crippen LogP contribution in [0.25, 0.3) is 145 Å². The third kappa shape index (κ3) is 9.67. The quantitative estimate of drug-likeness (QED) is 0.121. The van der Waals surface area contributed by atoms with Crippen LogP contribution in [0.3, 0.4) is 0 Å². The average molecular weight is 1200 g/mol. The molecule has 14 rings (SSSR count). The Bertz CT molecular complexity index is 4360. The fraction of sp³-hybridized carbons (Fsp3) is 0. The number of fused-ring (bicyclic) bond motifs is 3. The molecule has 0 N–H and O–H groups in total. The Morgan fingerprint density at radius 3 is 1.46 bits per heavy atom. The molecular weight excluding hydrogens is 1150 g/mol. The molecule has 4 heterocycles. The van der Waals surface area contributed by atoms with Crippen LogP contribution in [0, 0.1) is 24.4 Å². The summed E-state index contributed by atoms with van der Waals surface area (Å²) in [6.45, 7) is 0. The summed E-state index contributed by atoms with van der Waals surface area (Å²) in [5.74, 6) is 0. The minimum absolute atomic E-state index is 0. The van der Waals surface area contributed by atoms with Gasteiger partial charge in [-0.1, -0.05) is 210 Å². The zero-order valence-electron chi connectivity index (χ0n) is 43.1. The van der Waals surface area contributed by atoms with Gasteiger partial charge in [0.05, 0.1) is 6.20 Å². The Morgan fingerprint density at radius 2 is 0.838 bits per heavy atom. The Kier molecular flexibility index (Phi) is 13.6. The Balaban J connectivity index is 0.00000605. The summed E-state index contributed by atoms with van der Waals surface area (Å²) in [5.41, 5.74) is 24.5. The van der Waals surface area contributed by atoms with E-state index in [0.717, 1.165) is 139 Å². The van der Waals surface area contributed by atoms with Gasteiger partial charge >= 0.3 is 0 Å². The fourth-order valence-corrected chi connectivity index (χ4v) is 10.9. The van der Waals surface area contributed by atoms with E-state index in [4.69, 9.17) is 9.40 Å². The molecule has 0 aliphatic carbocycles. The summed E-state index contributed by atoms with van der Waals surface area (Å²) in [7, 11) is 0. The molecule has 4 nitrogen and oxygen atoms in total. The summed E-state index contributed by atoms with van der Waals surface area (Å²) >= 11 is 0. The van der Waals surface area contributed by atoms with Gasteiger partial charge in [0, 0.05) is 37.1 Å². The van der Waals surface area contributed by atoms with E-state index in [2.05, 4.69) is 241 Å². The van der Waals surface area contributed by atoms with Crippen LogP contribution in [-0.4, -0.2) is 15.0 Å². The number of hydrogen-bond donors (Lipinski definition) is 0. The van der Waals surface area contributed by atoms with Gasteiger partial charge in [-0.25, -0.2) is 11.1 Å². The van der Waals surface area contributed by atoms with Crippen LogP contribution in [-0.2, 0) is 20.1 Å². The predicted molar refractivity (Wildman–Crippen MR) is 322 cm³/mol. The maximum absolute atomic E-state index is 6.21. The van der Waals surface area contributed by atoms with Gasteiger partial charge in [-0.3, -0.25) is 0 Å². The van der Waals surface area contributed by atoms with E-state index in [-0.39, 0.29) is 20.1 Å². The molecule has 0 bridgehead atoms. The van der Waals surface area contributed by atoms with Gasteiger partial charge in [0.15, 0.2) is 5.58 Å². The maximum Gasteiger partial charge on any atom is 0.151 e. The number of furan rings is 1. The summed E-state index contributed by atoms with van der Waals surface area (Å²) in [4.78, 5) is 13.8. The second-order valence-corrected chi connectivity index (χ2v) is 19.6. The van der Waals surface area contributed by atoms with Crippen molar-refractivity contribution in [1.82, 2.24) is 15.0 Å². The van der Waals surface area contributed by atoms with Crippen LogP contribution in [0.2, 0.25) is 0 Å². The topological polar surface area (TPSA) is 51.8 Å². The largest absolute Gasteiger partial charge is 0.455 e. The fourth-order valence-electron chi connectivity index (χ4n) is 10.9. The predicted octanol–water partition coefficient (Wildman–Crippen LogP) is 19.3. The first kappa shape index (κ1) is 49.7. The normalized spacial score (nSPS) is 11.2. The second kappa shape index (κ2) is 21.9. The minimum atomic E-state index is 0. The van der Waals surface area contributed by atoms with Gasteiger partial charge < -0.3 is 19.4 Å². The second-order valence-electron chi connectivity index (χ2n) is 19.6. The van der Waals surface area contributed by atoms with Crippen molar-refractivity contribution in [3.8, 4) is 123 Å². The minimum Gasteiger partial charge on any atom is -0.455 e. The Labute approximate surface area is 478 Å². The SMILES string of the molecule is [Ir].[c-]1ncccc1-c1[c-]cc(-c2ccccc2-c2cc(-c3ccccc3-c3c[c-]c(-c4ccccn4)cc3)cc(-c3ccccc3-c3c[c-]c(-c4cc5c(cn4)oc4ccccc45)cc3-c3ccc(-c4ccccc4)cc3)c2)cc1. The first-order valence-electron chi connectivity index (χ1n) is 26.4. The average Bonchev–Trinajstić information content (AvgIpc) is 3.98. The Hall–Kier alpha value is -9.90. The van der Waals surface area contributed by atoms with Crippen molar-refractivity contribution in [2.24, 2.45) is 0 Å². The standard InChI is InChI=1S/C75H45N3O.Ir/c1-2-15-50(16-3-1)51-27-33-55(34-28-51)70-46-57(73-47-71-69-24-10-11-26-74(69)79-75(71)49-78-73)39-40-68(70)67-23-9-8-22-66(67)61-44-59(64-20-6-4-18-62(64)53-31-29-52(30-32-53)58-17-14-41-76-48-58)43-60(45-61)65-21-7-5-19-63(65)54-35-37-56(38-36-54)72-25-12-13-42-77-72;/h1-29,31-37,40-47,49H;/q-4;. The van der Waals surface area contributed by atoms with Crippen molar-refractivity contribution < 1.29 is 24.5 Å². The third-order valence-corrected chi connectivity index (χ3v) is 14.8. The molecule has 0 unspecified atom stereocenters. The molecule has 0 aliphatic rings. The zero-order valence-corrected chi connectivity index (χ0v) is 45.5. The van der Waals surface area contributed by atoms with E-state index < -0.39 is 0 Å². The van der Waals surface area contributed by atoms with Crippen molar-refractivity contribution in [1.29, 1.82) is 0 Å². The van der Waals surface area contributed by atoms with Crippen molar-refractivity contribution in [2.75, 3.05) is 0 Å². The van der Waals surface area contributed by atoms with Crippen LogP contribution in [0.15, 0.2) is 278 Å². The molecule has 0 amide bonds. The summed E-state index contributed by atoms with van der Waals surface area (Å²) in [5, 5.41) is 2.08. The number of para-hydroxylation sites is 1. The molecule has 1 radical (unpaired) electrons. The van der Waals surface area contributed by atoms with E-state index in [9.17, 15) is 0 Å². The third-order valence-electron chi connectivity index (χ3n) is 14.8. The van der Waals surface area contributed by atoms with Crippen molar-refractivity contribution in [3.63, 3.8) is 0 Å². The number of aromatic nitrogens is 3. The summed E-state index contributed by atoms with van der Waals surface area (Å²) in [6, 6.07) is 101. The molecule has 4 aromatic heterocycles. The van der Waals surface area contributed by atoms with Gasteiger partial charge in [-0.2, -0.15) is 18.2 Å². The molecule has 5 heteroatoms. The van der Waals surface area contributed by atoms with Gasteiger partial charge in [0.2, 0.25) is 0 Å². The molecule has 0 fully saturated rings. The summed E-state index contributed by atoms with van der Waals surface area (Å²) < 4.78 is 6.21. The maximum atomic E-state index is 6.21. The first-order valence-corrected chi connectivity index (χ1v) is 26.4. The van der Waals surface area contributed by atoms with E-state index in [1.807, 2.05) is 60.9 Å². The van der Waals surface area contributed by atoms with Crippen LogP contribution in [0.1, 0.15) is 0 Å². The molecule has 0 saturated carbocycles. The first-order chi connectivity index (χ1) is 39.1. The van der Waals surface area contributed by atoms with E-state index >= 15 is 0 Å². The number of rotatable bonds is 11. The smallest absolute Gasteiger partial charge is 0.151 e. The van der Waals surface area contributed by atoms with E-state index in [0.29, 0.717) is 0 Å². The van der Waals surface area contributed by atoms with Crippen molar-refractivity contribution in [3.05, 3.63) is 298 Å². The molecule has 0 saturated heterocycles. The molecule has 0 aliphatic heterocycles. The summed E-state index contributed by atoms with van der Waals surface area (Å²) in [6.07, 6.45) is 8.51. The van der Waals surface area contributed by atoms with Gasteiger partial charge in [-0.05, 0) is 91.8 Å². The molecule has 379 valence electrons. The van der Waals surface area contributed by atoms with Crippen LogP contribution < -0.4 is 0 Å². The number of nitrogens with zero attached hydrogens (tertiary/aromatic N) is 3. The number of hydrogen-bond acceptors (Lipinski definition) is 4. The molecular formula is C75H45IrN3O-4. The van der Waals surface area contributed by atoms with Crippen molar-refractivity contribution >= 4 is 21.9 Å². The van der Waals surface area contributed by atoms with E-state index in [1.54, 1.807) is 6.20 Å². The van der Waals surface area contributed by atoms with Crippen molar-refractivity contribution in [2.45, 2.75) is 0 Å². The van der Waals surface area contributed by atoms with Crippen LogP contribution in [0.4, 0.5) is 0 Å². The monoisotopic (exact) mass is 1200 g/mol. The van der Waals surface area contributed by atoms with Crippen LogP contribution in [0.5, 0.6) is 0 Å². The number of benzene rings is 10. The number of pyridine rings is 3. The Morgan fingerprint density at radius 1 is 0.287 bits per heavy atom. The molecule has 0 atom stereocenters. The van der Waals surface area contributed by atoms with Gasteiger partial charge in [0.1, 0.15) is 5.58 Å².